The number of rotatable bonds is 9. The number of aromatic nitrogens is 1. The molecule has 2 aromatic rings. The molecule has 0 atom stereocenters. The molecule has 1 fully saturated rings. The summed E-state index contributed by atoms with van der Waals surface area (Å²) in [5.41, 5.74) is 0.174. The first-order valence-electron chi connectivity index (χ1n) is 9.86. The summed E-state index contributed by atoms with van der Waals surface area (Å²) in [4.78, 5) is 28.7. The van der Waals surface area contributed by atoms with Crippen LogP contribution in [0.4, 0.5) is 24.4 Å². The second kappa shape index (κ2) is 10.3. The summed E-state index contributed by atoms with van der Waals surface area (Å²) in [5, 5.41) is 11.1. The molecule has 2 amide bonds. The van der Waals surface area contributed by atoms with E-state index in [0.717, 1.165) is 44.0 Å². The van der Waals surface area contributed by atoms with Crippen LogP contribution in [-0.2, 0) is 14.8 Å². The van der Waals surface area contributed by atoms with Gasteiger partial charge in [0, 0.05) is 24.8 Å². The Hall–Kier alpha value is -2.64. The number of hydrogen-bond acceptors (Lipinski definition) is 6. The van der Waals surface area contributed by atoms with Gasteiger partial charge in [0.2, 0.25) is 0 Å². The molecular weight excluding hydrogens is 466 g/mol. The van der Waals surface area contributed by atoms with Crippen LogP contribution in [0.1, 0.15) is 32.1 Å². The Morgan fingerprint density at radius 3 is 2.59 bits per heavy atom. The van der Waals surface area contributed by atoms with Gasteiger partial charge in [0.25, 0.3) is 10.0 Å². The number of carbonyl (C=O) groups is 2. The van der Waals surface area contributed by atoms with Crippen molar-refractivity contribution in [2.75, 3.05) is 23.3 Å². The normalized spacial score (nSPS) is 14.4. The minimum atomic E-state index is -3.99. The predicted molar refractivity (Wildman–Crippen MR) is 114 cm³/mol. The number of aliphatic carboxylic acids is 1. The van der Waals surface area contributed by atoms with Crippen LogP contribution in [-0.4, -0.2) is 43.6 Å². The number of carbonyl (C=O) groups excluding carboxylic acids is 1. The summed E-state index contributed by atoms with van der Waals surface area (Å²) in [7, 11) is -3.99. The Morgan fingerprint density at radius 2 is 1.94 bits per heavy atom. The Morgan fingerprint density at radius 1 is 1.22 bits per heavy atom. The number of anilines is 2. The molecule has 9 nitrogen and oxygen atoms in total. The number of benzene rings is 1. The lowest BCUT2D eigenvalue weighted by molar-refractivity contribution is -0.136. The molecule has 174 valence electrons. The minimum Gasteiger partial charge on any atom is -0.481 e. The topological polar surface area (TPSA) is 129 Å². The highest BCUT2D eigenvalue weighted by atomic mass is 32.2. The Balaban J connectivity index is 1.74. The van der Waals surface area contributed by atoms with Gasteiger partial charge in [-0.2, -0.15) is 0 Å². The van der Waals surface area contributed by atoms with E-state index in [9.17, 15) is 26.8 Å². The van der Waals surface area contributed by atoms with Gasteiger partial charge < -0.3 is 5.11 Å². The third-order valence-corrected chi connectivity index (χ3v) is 7.80. The van der Waals surface area contributed by atoms with Gasteiger partial charge in [0.15, 0.2) is 21.0 Å². The van der Waals surface area contributed by atoms with Crippen molar-refractivity contribution in [2.45, 2.75) is 36.3 Å². The van der Waals surface area contributed by atoms with Gasteiger partial charge in [0.05, 0.1) is 12.6 Å². The Labute approximate surface area is 187 Å². The van der Waals surface area contributed by atoms with Crippen molar-refractivity contribution < 1.29 is 31.9 Å². The van der Waals surface area contributed by atoms with Gasteiger partial charge in [-0.05, 0) is 30.9 Å². The summed E-state index contributed by atoms with van der Waals surface area (Å²) in [6, 6.07) is 2.53. The number of nitrogens with zero attached hydrogens (tertiary/aromatic N) is 2. The molecule has 0 aliphatic heterocycles. The van der Waals surface area contributed by atoms with Crippen LogP contribution in [0.2, 0.25) is 0 Å². The maximum absolute atomic E-state index is 13.8. The lowest BCUT2D eigenvalue weighted by atomic mass is 10.1. The highest BCUT2D eigenvalue weighted by Crippen LogP contribution is 2.29. The average molecular weight is 489 g/mol. The van der Waals surface area contributed by atoms with Crippen LogP contribution in [0.3, 0.4) is 0 Å². The molecule has 1 aliphatic rings. The van der Waals surface area contributed by atoms with Gasteiger partial charge in [-0.3, -0.25) is 15.0 Å². The fraction of sp³-hybridized carbons (Fsp3) is 0.421. The molecule has 0 spiro atoms. The van der Waals surface area contributed by atoms with Crippen molar-refractivity contribution in [3.8, 4) is 0 Å². The zero-order chi connectivity index (χ0) is 23.3. The number of sulfonamides is 1. The fourth-order valence-corrected chi connectivity index (χ4v) is 5.47. The number of thiazole rings is 1. The summed E-state index contributed by atoms with van der Waals surface area (Å²) < 4.78 is 53.6. The lowest BCUT2D eigenvalue weighted by Gasteiger charge is -2.25. The molecule has 0 bridgehead atoms. The maximum Gasteiger partial charge on any atom is 0.328 e. The molecule has 0 radical (unpaired) electrons. The zero-order valence-corrected chi connectivity index (χ0v) is 18.5. The second-order valence-corrected chi connectivity index (χ2v) is 10.3. The van der Waals surface area contributed by atoms with E-state index < -0.39 is 33.7 Å². The van der Waals surface area contributed by atoms with E-state index in [1.165, 1.54) is 11.0 Å². The molecule has 1 aromatic heterocycles. The van der Waals surface area contributed by atoms with Gasteiger partial charge in [-0.15, -0.1) is 0 Å². The summed E-state index contributed by atoms with van der Waals surface area (Å²) in [6.45, 7) is 0.00668. The fourth-order valence-electron chi connectivity index (χ4n) is 3.37. The summed E-state index contributed by atoms with van der Waals surface area (Å²) in [6.07, 6.45) is 4.54. The largest absolute Gasteiger partial charge is 0.481 e. The molecule has 32 heavy (non-hydrogen) atoms. The van der Waals surface area contributed by atoms with E-state index in [1.54, 1.807) is 0 Å². The average Bonchev–Trinajstić information content (AvgIpc) is 3.40. The number of urea groups is 1. The molecule has 1 aliphatic carbocycles. The maximum atomic E-state index is 13.8. The van der Waals surface area contributed by atoms with Crippen molar-refractivity contribution in [1.29, 1.82) is 0 Å². The number of nitrogens with one attached hydrogen (secondary N) is 2. The third-order valence-electron chi connectivity index (χ3n) is 4.97. The van der Waals surface area contributed by atoms with Crippen LogP contribution >= 0.6 is 11.3 Å². The zero-order valence-electron chi connectivity index (χ0n) is 16.9. The van der Waals surface area contributed by atoms with Crippen LogP contribution in [0.25, 0.3) is 0 Å². The molecule has 3 N–H and O–H groups in total. The van der Waals surface area contributed by atoms with E-state index in [4.69, 9.17) is 5.11 Å². The van der Waals surface area contributed by atoms with Crippen molar-refractivity contribution in [1.82, 2.24) is 9.71 Å². The quantitative estimate of drug-likeness (QED) is 0.496. The molecule has 1 heterocycles. The van der Waals surface area contributed by atoms with E-state index in [-0.39, 0.29) is 33.9 Å². The molecule has 3 rings (SSSR count). The summed E-state index contributed by atoms with van der Waals surface area (Å²) >= 11 is 0.686. The monoisotopic (exact) mass is 488 g/mol. The van der Waals surface area contributed by atoms with Crippen LogP contribution in [0.5, 0.6) is 0 Å². The van der Waals surface area contributed by atoms with Gasteiger partial charge >= 0.3 is 12.0 Å². The van der Waals surface area contributed by atoms with E-state index >= 15 is 0 Å². The van der Waals surface area contributed by atoms with E-state index in [1.807, 2.05) is 0 Å². The first kappa shape index (κ1) is 24.0. The first-order valence-corrected chi connectivity index (χ1v) is 12.2. The van der Waals surface area contributed by atoms with Crippen molar-refractivity contribution in [2.24, 2.45) is 5.92 Å². The van der Waals surface area contributed by atoms with Gasteiger partial charge in [0.1, 0.15) is 0 Å². The van der Waals surface area contributed by atoms with Crippen LogP contribution in [0.15, 0.2) is 28.6 Å². The highest BCUT2D eigenvalue weighted by molar-refractivity contribution is 7.91. The number of halogens is 2. The Kier molecular flexibility index (Phi) is 7.74. The van der Waals surface area contributed by atoms with Gasteiger partial charge in [-0.1, -0.05) is 24.2 Å². The molecule has 1 aromatic carbocycles. The van der Waals surface area contributed by atoms with Crippen molar-refractivity contribution in [3.63, 3.8) is 0 Å². The SMILES string of the molecule is O=C(O)CCNS(=O)(=O)c1cnc(NC(=O)N(CC2CCCC2)c2ccc(F)c(F)c2)s1. The number of carboxylic acid groups (broad SMARTS) is 1. The molecule has 0 unspecified atom stereocenters. The lowest BCUT2D eigenvalue weighted by Crippen LogP contribution is -2.38. The summed E-state index contributed by atoms with van der Waals surface area (Å²) in [5.74, 6) is -3.05. The number of carboxylic acids is 1. The molecule has 13 heteroatoms. The van der Waals surface area contributed by atoms with E-state index in [2.05, 4.69) is 15.0 Å². The molecular formula is C19H22F2N4O5S2. The number of hydrogen-bond donors (Lipinski definition) is 3. The van der Waals surface area contributed by atoms with Crippen LogP contribution < -0.4 is 14.9 Å². The number of amides is 2. The highest BCUT2D eigenvalue weighted by Gasteiger charge is 2.25. The predicted octanol–water partition coefficient (Wildman–Crippen LogP) is 3.40. The molecule has 0 saturated heterocycles. The third kappa shape index (κ3) is 6.20. The van der Waals surface area contributed by atoms with Crippen molar-refractivity contribution >= 4 is 44.2 Å². The second-order valence-electron chi connectivity index (χ2n) is 7.32. The van der Waals surface area contributed by atoms with Crippen LogP contribution in [0, 0.1) is 17.6 Å². The van der Waals surface area contributed by atoms with Crippen molar-refractivity contribution in [3.05, 3.63) is 36.0 Å². The Bertz CT molecular complexity index is 1090. The van der Waals surface area contributed by atoms with Gasteiger partial charge in [-0.25, -0.2) is 31.7 Å². The standard InChI is InChI=1S/C19H22F2N4O5S2/c20-14-6-5-13(9-15(14)21)25(11-12-3-1-2-4-12)19(28)24-18-22-10-17(31-18)32(29,30)23-8-7-16(26)27/h5-6,9-10,12,23H,1-4,7-8,11H2,(H,26,27)(H,22,24,28). The first-order chi connectivity index (χ1) is 15.2. The minimum absolute atomic E-state index is 0.00684. The van der Waals surface area contributed by atoms with E-state index in [0.29, 0.717) is 17.9 Å². The molecule has 1 saturated carbocycles. The smallest absolute Gasteiger partial charge is 0.328 e.